The Balaban J connectivity index is 1.88. The molecule has 0 unspecified atom stereocenters. The highest BCUT2D eigenvalue weighted by molar-refractivity contribution is 6.16. The van der Waals surface area contributed by atoms with Crippen LogP contribution in [0.4, 0.5) is 0 Å². The van der Waals surface area contributed by atoms with Gasteiger partial charge in [-0.25, -0.2) is 4.79 Å². The number of hydrogen-bond acceptors (Lipinski definition) is 2. The van der Waals surface area contributed by atoms with Crippen LogP contribution < -0.4 is 0 Å². The quantitative estimate of drug-likeness (QED) is 0.108. The number of unbranched alkanes of at least 4 members (excludes halogenated alkanes) is 16. The van der Waals surface area contributed by atoms with Crippen LogP contribution in [-0.2, 0) is 9.53 Å². The van der Waals surface area contributed by atoms with Crippen LogP contribution in [0.25, 0.3) is 11.6 Å². The maximum Gasteiger partial charge on any atom is 0.338 e. The standard InChI is InChI=1S/C30H48O2/c1-4-6-7-8-9-10-11-12-13-14-15-16-17-18-19-20-23-26-32-30(31)27(3)29-25-22-21-24-28(29)5-2/h5,21-22,24-25H,2-4,6-20,23,26H2,1H3. The van der Waals surface area contributed by atoms with Crippen molar-refractivity contribution in [3.05, 3.63) is 48.6 Å². The second-order valence-corrected chi connectivity index (χ2v) is 9.06. The van der Waals surface area contributed by atoms with Gasteiger partial charge in [-0.15, -0.1) is 0 Å². The first-order chi connectivity index (χ1) is 15.7. The second kappa shape index (κ2) is 19.8. The second-order valence-electron chi connectivity index (χ2n) is 9.06. The zero-order valence-corrected chi connectivity index (χ0v) is 20.8. The van der Waals surface area contributed by atoms with Crippen molar-refractivity contribution >= 4 is 17.6 Å². The minimum absolute atomic E-state index is 0.323. The van der Waals surface area contributed by atoms with E-state index in [1.165, 1.54) is 96.3 Å². The summed E-state index contributed by atoms with van der Waals surface area (Å²) in [5.41, 5.74) is 2.12. The van der Waals surface area contributed by atoms with Gasteiger partial charge in [-0.1, -0.05) is 153 Å². The molecular weight excluding hydrogens is 392 g/mol. The number of esters is 1. The Morgan fingerprint density at radius 1 is 0.750 bits per heavy atom. The highest BCUT2D eigenvalue weighted by atomic mass is 16.5. The summed E-state index contributed by atoms with van der Waals surface area (Å²) in [5, 5.41) is 0. The van der Waals surface area contributed by atoms with Gasteiger partial charge >= 0.3 is 5.97 Å². The smallest absolute Gasteiger partial charge is 0.338 e. The Kier molecular flexibility index (Phi) is 17.5. The van der Waals surface area contributed by atoms with E-state index >= 15 is 0 Å². The van der Waals surface area contributed by atoms with E-state index in [0.717, 1.165) is 24.0 Å². The van der Waals surface area contributed by atoms with Gasteiger partial charge < -0.3 is 4.74 Å². The van der Waals surface area contributed by atoms with Crippen LogP contribution in [0.2, 0.25) is 0 Å². The van der Waals surface area contributed by atoms with E-state index in [1.54, 1.807) is 6.08 Å². The highest BCUT2D eigenvalue weighted by Gasteiger charge is 2.13. The molecule has 1 aromatic rings. The summed E-state index contributed by atoms with van der Waals surface area (Å²) in [4.78, 5) is 12.2. The van der Waals surface area contributed by atoms with Gasteiger partial charge in [0, 0.05) is 0 Å². The van der Waals surface area contributed by atoms with Crippen molar-refractivity contribution in [3.63, 3.8) is 0 Å². The fourth-order valence-corrected chi connectivity index (χ4v) is 4.14. The lowest BCUT2D eigenvalue weighted by Crippen LogP contribution is -2.08. The third kappa shape index (κ3) is 13.6. The summed E-state index contributed by atoms with van der Waals surface area (Å²) in [5.74, 6) is -0.323. The van der Waals surface area contributed by atoms with Gasteiger partial charge in [0.2, 0.25) is 0 Å². The average molecular weight is 441 g/mol. The first-order valence-electron chi connectivity index (χ1n) is 13.3. The zero-order valence-electron chi connectivity index (χ0n) is 20.8. The molecule has 0 spiro atoms. The number of carbonyl (C=O) groups excluding carboxylic acids is 1. The molecule has 0 N–H and O–H groups in total. The topological polar surface area (TPSA) is 26.3 Å². The Morgan fingerprint density at radius 3 is 1.66 bits per heavy atom. The monoisotopic (exact) mass is 440 g/mol. The molecule has 0 aliphatic carbocycles. The summed E-state index contributed by atoms with van der Waals surface area (Å²) >= 11 is 0. The molecule has 32 heavy (non-hydrogen) atoms. The van der Waals surface area contributed by atoms with Gasteiger partial charge in [-0.2, -0.15) is 0 Å². The van der Waals surface area contributed by atoms with Crippen molar-refractivity contribution in [1.82, 2.24) is 0 Å². The largest absolute Gasteiger partial charge is 0.462 e. The van der Waals surface area contributed by atoms with Gasteiger partial charge in [-0.05, 0) is 17.5 Å². The van der Waals surface area contributed by atoms with Crippen molar-refractivity contribution in [2.45, 2.75) is 116 Å². The van der Waals surface area contributed by atoms with Crippen LogP contribution in [0.3, 0.4) is 0 Å². The maximum absolute atomic E-state index is 12.2. The van der Waals surface area contributed by atoms with Gasteiger partial charge in [-0.3, -0.25) is 0 Å². The van der Waals surface area contributed by atoms with Gasteiger partial charge in [0.05, 0.1) is 12.2 Å². The van der Waals surface area contributed by atoms with E-state index < -0.39 is 0 Å². The van der Waals surface area contributed by atoms with Crippen LogP contribution >= 0.6 is 0 Å². The van der Waals surface area contributed by atoms with Gasteiger partial charge in [0.25, 0.3) is 0 Å². The van der Waals surface area contributed by atoms with Crippen molar-refractivity contribution in [3.8, 4) is 0 Å². The summed E-state index contributed by atoms with van der Waals surface area (Å²) < 4.78 is 5.41. The van der Waals surface area contributed by atoms with Crippen molar-refractivity contribution in [1.29, 1.82) is 0 Å². The molecule has 0 saturated carbocycles. The first kappa shape index (κ1) is 28.2. The Labute approximate surface area is 198 Å². The van der Waals surface area contributed by atoms with Crippen LogP contribution in [-0.4, -0.2) is 12.6 Å². The SMILES string of the molecule is C=Cc1ccccc1C(=C)C(=O)OCCCCCCCCCCCCCCCCCCC. The fraction of sp³-hybridized carbons (Fsp3) is 0.633. The third-order valence-corrected chi connectivity index (χ3v) is 6.23. The molecule has 2 heteroatoms. The molecule has 180 valence electrons. The molecule has 0 atom stereocenters. The minimum Gasteiger partial charge on any atom is -0.462 e. The molecule has 1 aromatic carbocycles. The minimum atomic E-state index is -0.323. The average Bonchev–Trinajstić information content (AvgIpc) is 2.82. The lowest BCUT2D eigenvalue weighted by atomic mass is 10.0. The Bertz CT molecular complexity index is 631. The van der Waals surface area contributed by atoms with E-state index in [-0.39, 0.29) is 5.97 Å². The molecule has 0 aromatic heterocycles. The van der Waals surface area contributed by atoms with Crippen LogP contribution in [0.15, 0.2) is 37.4 Å². The predicted octanol–water partition coefficient (Wildman–Crippen LogP) is 9.54. The third-order valence-electron chi connectivity index (χ3n) is 6.23. The van der Waals surface area contributed by atoms with E-state index in [1.807, 2.05) is 24.3 Å². The number of benzene rings is 1. The summed E-state index contributed by atoms with van der Waals surface area (Å²) in [6.45, 7) is 10.5. The van der Waals surface area contributed by atoms with Gasteiger partial charge in [0.15, 0.2) is 0 Å². The summed E-state index contributed by atoms with van der Waals surface area (Å²) in [6.07, 6.45) is 24.6. The fourth-order valence-electron chi connectivity index (χ4n) is 4.14. The Morgan fingerprint density at radius 2 is 1.19 bits per heavy atom. The molecule has 0 amide bonds. The molecule has 0 radical (unpaired) electrons. The highest BCUT2D eigenvalue weighted by Crippen LogP contribution is 2.20. The number of rotatable bonds is 21. The molecule has 0 heterocycles. The zero-order chi connectivity index (χ0) is 23.3. The van der Waals surface area contributed by atoms with E-state index in [4.69, 9.17) is 4.74 Å². The van der Waals surface area contributed by atoms with Gasteiger partial charge in [0.1, 0.15) is 0 Å². The van der Waals surface area contributed by atoms with Crippen molar-refractivity contribution < 1.29 is 9.53 Å². The molecule has 0 aliphatic rings. The van der Waals surface area contributed by atoms with Crippen molar-refractivity contribution in [2.75, 3.05) is 6.61 Å². The van der Waals surface area contributed by atoms with Crippen LogP contribution in [0.5, 0.6) is 0 Å². The molecule has 1 rings (SSSR count). The maximum atomic E-state index is 12.2. The van der Waals surface area contributed by atoms with Crippen LogP contribution in [0.1, 0.15) is 127 Å². The van der Waals surface area contributed by atoms with E-state index in [9.17, 15) is 4.79 Å². The normalized spacial score (nSPS) is 10.8. The molecule has 0 saturated heterocycles. The number of hydrogen-bond donors (Lipinski definition) is 0. The van der Waals surface area contributed by atoms with Crippen molar-refractivity contribution in [2.24, 2.45) is 0 Å². The number of carbonyl (C=O) groups is 1. The summed E-state index contributed by atoms with van der Waals surface area (Å²) in [6, 6.07) is 7.64. The van der Waals surface area contributed by atoms with Crippen LogP contribution in [0, 0.1) is 0 Å². The Hall–Kier alpha value is -1.83. The molecule has 0 bridgehead atoms. The van der Waals surface area contributed by atoms with E-state index in [0.29, 0.717) is 12.2 Å². The number of ether oxygens (including phenoxy) is 1. The lowest BCUT2D eigenvalue weighted by Gasteiger charge is -2.09. The lowest BCUT2D eigenvalue weighted by molar-refractivity contribution is -0.136. The predicted molar refractivity (Wildman–Crippen MR) is 141 cm³/mol. The first-order valence-corrected chi connectivity index (χ1v) is 13.3. The molecule has 0 fully saturated rings. The van der Waals surface area contributed by atoms with E-state index in [2.05, 4.69) is 20.1 Å². The summed E-state index contributed by atoms with van der Waals surface area (Å²) in [7, 11) is 0. The molecule has 0 aliphatic heterocycles. The molecule has 2 nitrogen and oxygen atoms in total. The molecular formula is C30H48O2.